The van der Waals surface area contributed by atoms with Gasteiger partial charge in [-0.25, -0.2) is 0 Å². The van der Waals surface area contributed by atoms with Gasteiger partial charge in [0.25, 0.3) is 0 Å². The molecule has 2 bridgehead atoms. The smallest absolute Gasteiger partial charge is 0.0609 e. The molecule has 0 radical (unpaired) electrons. The molecule has 0 aromatic carbocycles. The minimum Gasteiger partial charge on any atom is -0.393 e. The van der Waals surface area contributed by atoms with Crippen LogP contribution >= 0.6 is 0 Å². The average Bonchev–Trinajstić information content (AvgIpc) is 2.86. The molecular weight excluding hydrogens is 284 g/mol. The standard InChI is InChI=1S/C21H30O2/c1-20-11-8-17-13(15(20)6-7-19(20)23)4-5-16-14-3-2-10-21(16,17)12-9-18(14)22/h2,5,10,13-15,17-19,22-23H,3-4,6-9,11-12H2,1H3/t13?,14-,15?,17?,18-,19-,20-,21-/m0/s1. The molecule has 2 heteroatoms. The first-order chi connectivity index (χ1) is 11.1. The Morgan fingerprint density at radius 1 is 1.00 bits per heavy atom. The van der Waals surface area contributed by atoms with Crippen LogP contribution in [0.2, 0.25) is 0 Å². The van der Waals surface area contributed by atoms with Gasteiger partial charge < -0.3 is 10.2 Å². The van der Waals surface area contributed by atoms with E-state index in [9.17, 15) is 10.2 Å². The molecule has 0 aromatic heterocycles. The molecule has 0 heterocycles. The van der Waals surface area contributed by atoms with E-state index in [4.69, 9.17) is 0 Å². The lowest BCUT2D eigenvalue weighted by atomic mass is 9.45. The lowest BCUT2D eigenvalue weighted by Crippen LogP contribution is -2.54. The number of hydrogen-bond acceptors (Lipinski definition) is 2. The van der Waals surface area contributed by atoms with E-state index >= 15 is 0 Å². The second-order valence-corrected chi connectivity index (χ2v) is 9.30. The number of aliphatic hydroxyl groups is 2. The third kappa shape index (κ3) is 1.72. The fourth-order valence-electron chi connectivity index (χ4n) is 7.53. The molecule has 0 saturated heterocycles. The van der Waals surface area contributed by atoms with Gasteiger partial charge in [0, 0.05) is 11.3 Å². The topological polar surface area (TPSA) is 40.5 Å². The second-order valence-electron chi connectivity index (χ2n) is 9.30. The molecule has 5 aliphatic carbocycles. The van der Waals surface area contributed by atoms with Crippen molar-refractivity contribution in [2.75, 3.05) is 0 Å². The van der Waals surface area contributed by atoms with Crippen molar-refractivity contribution in [3.05, 3.63) is 23.8 Å². The highest BCUT2D eigenvalue weighted by atomic mass is 16.3. The fourth-order valence-corrected chi connectivity index (χ4v) is 7.53. The van der Waals surface area contributed by atoms with Crippen LogP contribution in [0.4, 0.5) is 0 Å². The van der Waals surface area contributed by atoms with Crippen molar-refractivity contribution in [3.63, 3.8) is 0 Å². The number of rotatable bonds is 0. The van der Waals surface area contributed by atoms with Crippen molar-refractivity contribution in [1.29, 1.82) is 0 Å². The molecule has 3 fully saturated rings. The lowest BCUT2D eigenvalue weighted by Gasteiger charge is -2.60. The Morgan fingerprint density at radius 3 is 2.74 bits per heavy atom. The molecule has 8 atom stereocenters. The van der Waals surface area contributed by atoms with Crippen LogP contribution in [-0.4, -0.2) is 22.4 Å². The van der Waals surface area contributed by atoms with Gasteiger partial charge in [0.1, 0.15) is 0 Å². The van der Waals surface area contributed by atoms with E-state index < -0.39 is 0 Å². The number of fused-ring (bicyclic) bond motifs is 3. The Labute approximate surface area is 139 Å². The zero-order chi connectivity index (χ0) is 15.8. The summed E-state index contributed by atoms with van der Waals surface area (Å²) in [6.45, 7) is 2.35. The Kier molecular flexibility index (Phi) is 3.03. The van der Waals surface area contributed by atoms with Crippen molar-refractivity contribution < 1.29 is 10.2 Å². The van der Waals surface area contributed by atoms with Crippen LogP contribution in [0.25, 0.3) is 0 Å². The molecule has 3 saturated carbocycles. The van der Waals surface area contributed by atoms with Crippen LogP contribution in [0, 0.1) is 34.5 Å². The van der Waals surface area contributed by atoms with Crippen LogP contribution in [0.3, 0.4) is 0 Å². The van der Waals surface area contributed by atoms with E-state index in [0.717, 1.165) is 37.5 Å². The van der Waals surface area contributed by atoms with E-state index in [2.05, 4.69) is 25.2 Å². The monoisotopic (exact) mass is 314 g/mol. The fraction of sp³-hybridized carbons (Fsp3) is 0.810. The van der Waals surface area contributed by atoms with E-state index in [-0.39, 0.29) is 23.0 Å². The minimum absolute atomic E-state index is 0.0841. The Balaban J connectivity index is 1.57. The highest BCUT2D eigenvalue weighted by molar-refractivity contribution is 5.37. The molecule has 2 nitrogen and oxygen atoms in total. The maximum absolute atomic E-state index is 10.6. The van der Waals surface area contributed by atoms with Gasteiger partial charge in [-0.15, -0.1) is 0 Å². The van der Waals surface area contributed by atoms with Gasteiger partial charge in [0.2, 0.25) is 0 Å². The molecule has 3 unspecified atom stereocenters. The molecular formula is C21H30O2. The predicted octanol–water partition coefficient (Wildman–Crippen LogP) is 3.84. The highest BCUT2D eigenvalue weighted by Crippen LogP contribution is 2.67. The zero-order valence-electron chi connectivity index (χ0n) is 14.2. The van der Waals surface area contributed by atoms with Gasteiger partial charge in [0.15, 0.2) is 0 Å². The highest BCUT2D eigenvalue weighted by Gasteiger charge is 2.60. The van der Waals surface area contributed by atoms with Crippen LogP contribution in [0.15, 0.2) is 23.8 Å². The molecule has 126 valence electrons. The van der Waals surface area contributed by atoms with E-state index in [1.807, 2.05) is 0 Å². The van der Waals surface area contributed by atoms with Gasteiger partial charge in [-0.05, 0) is 74.5 Å². The van der Waals surface area contributed by atoms with Crippen LogP contribution < -0.4 is 0 Å². The second kappa shape index (κ2) is 4.73. The average molecular weight is 314 g/mol. The van der Waals surface area contributed by atoms with Crippen molar-refractivity contribution in [2.45, 2.75) is 70.5 Å². The Bertz CT molecular complexity index is 578. The molecule has 0 aromatic rings. The van der Waals surface area contributed by atoms with E-state index in [1.54, 1.807) is 5.57 Å². The van der Waals surface area contributed by atoms with Crippen molar-refractivity contribution in [3.8, 4) is 0 Å². The molecule has 0 spiro atoms. The Morgan fingerprint density at radius 2 is 1.87 bits per heavy atom. The third-order valence-corrected chi connectivity index (χ3v) is 8.72. The predicted molar refractivity (Wildman–Crippen MR) is 90.7 cm³/mol. The van der Waals surface area contributed by atoms with Gasteiger partial charge >= 0.3 is 0 Å². The summed E-state index contributed by atoms with van der Waals surface area (Å²) in [6, 6.07) is 0. The first-order valence-corrected chi connectivity index (χ1v) is 9.80. The summed E-state index contributed by atoms with van der Waals surface area (Å²) < 4.78 is 0. The summed E-state index contributed by atoms with van der Waals surface area (Å²) in [6.07, 6.45) is 16.2. The molecule has 23 heavy (non-hydrogen) atoms. The summed E-state index contributed by atoms with van der Waals surface area (Å²) in [5.41, 5.74) is 2.00. The SMILES string of the molecule is C[C@]12CCC3C(CC=C4[C@@H]5CC=C[C@]43CC[C@@H]5O)C1CC[C@@H]2O. The van der Waals surface area contributed by atoms with Gasteiger partial charge in [-0.2, -0.15) is 0 Å². The molecule has 0 aliphatic heterocycles. The molecule has 5 rings (SSSR count). The molecule has 2 N–H and O–H groups in total. The van der Waals surface area contributed by atoms with Crippen LogP contribution in [0.5, 0.6) is 0 Å². The normalized spacial score (nSPS) is 57.3. The Hall–Kier alpha value is -0.600. The molecule has 5 aliphatic rings. The lowest BCUT2D eigenvalue weighted by molar-refractivity contribution is -0.0715. The summed E-state index contributed by atoms with van der Waals surface area (Å²) in [5, 5.41) is 21.0. The number of allylic oxidation sites excluding steroid dienone is 3. The zero-order valence-corrected chi connectivity index (χ0v) is 14.2. The quantitative estimate of drug-likeness (QED) is 0.667. The minimum atomic E-state index is -0.127. The summed E-state index contributed by atoms with van der Waals surface area (Å²) in [5.74, 6) is 2.58. The van der Waals surface area contributed by atoms with Gasteiger partial charge in [-0.3, -0.25) is 0 Å². The van der Waals surface area contributed by atoms with Crippen molar-refractivity contribution in [2.24, 2.45) is 34.5 Å². The van der Waals surface area contributed by atoms with E-state index in [0.29, 0.717) is 11.8 Å². The largest absolute Gasteiger partial charge is 0.393 e. The van der Waals surface area contributed by atoms with Crippen LogP contribution in [0.1, 0.15) is 58.3 Å². The third-order valence-electron chi connectivity index (χ3n) is 8.72. The maximum atomic E-state index is 10.6. The summed E-state index contributed by atoms with van der Waals surface area (Å²) in [4.78, 5) is 0. The molecule has 0 amide bonds. The maximum Gasteiger partial charge on any atom is 0.0609 e. The first kappa shape index (κ1) is 14.7. The summed E-state index contributed by atoms with van der Waals surface area (Å²) in [7, 11) is 0. The van der Waals surface area contributed by atoms with Crippen molar-refractivity contribution >= 4 is 0 Å². The first-order valence-electron chi connectivity index (χ1n) is 9.80. The van der Waals surface area contributed by atoms with Gasteiger partial charge in [-0.1, -0.05) is 30.7 Å². The van der Waals surface area contributed by atoms with E-state index in [1.165, 1.54) is 25.7 Å². The van der Waals surface area contributed by atoms with Crippen LogP contribution in [-0.2, 0) is 0 Å². The number of hydrogen-bond donors (Lipinski definition) is 2. The van der Waals surface area contributed by atoms with Crippen molar-refractivity contribution in [1.82, 2.24) is 0 Å². The number of aliphatic hydroxyl groups excluding tert-OH is 2. The van der Waals surface area contributed by atoms with Gasteiger partial charge in [0.05, 0.1) is 12.2 Å². The summed E-state index contributed by atoms with van der Waals surface area (Å²) >= 11 is 0.